The predicted molar refractivity (Wildman–Crippen MR) is 143 cm³/mol. The van der Waals surface area contributed by atoms with Crippen molar-refractivity contribution in [1.29, 1.82) is 0 Å². The summed E-state index contributed by atoms with van der Waals surface area (Å²) < 4.78 is 11.0. The van der Waals surface area contributed by atoms with Gasteiger partial charge in [0.15, 0.2) is 0 Å². The summed E-state index contributed by atoms with van der Waals surface area (Å²) in [6, 6.07) is 23.9. The van der Waals surface area contributed by atoms with E-state index in [1.165, 1.54) is 5.56 Å². The van der Waals surface area contributed by atoms with Crippen molar-refractivity contribution in [3.05, 3.63) is 95.9 Å². The lowest BCUT2D eigenvalue weighted by atomic mass is 10.1. The Morgan fingerprint density at radius 1 is 0.757 bits per heavy atom. The highest BCUT2D eigenvalue weighted by atomic mass is 16.5. The number of carbonyl (C=O) groups excluding carboxylic acids is 2. The molecule has 0 radical (unpaired) electrons. The number of rotatable bonds is 13. The van der Waals surface area contributed by atoms with Crippen LogP contribution in [0.4, 0.5) is 0 Å². The Kier molecular flexibility index (Phi) is 10.3. The third kappa shape index (κ3) is 8.88. The van der Waals surface area contributed by atoms with E-state index >= 15 is 0 Å². The smallest absolute Gasteiger partial charge is 0.242 e. The summed E-state index contributed by atoms with van der Waals surface area (Å²) >= 11 is 0. The van der Waals surface area contributed by atoms with Crippen molar-refractivity contribution in [3.8, 4) is 0 Å². The molecular formula is C30H37N3O4. The van der Waals surface area contributed by atoms with E-state index in [-0.39, 0.29) is 18.4 Å². The largest absolute Gasteiger partial charge is 0.467 e. The van der Waals surface area contributed by atoms with Gasteiger partial charge in [-0.2, -0.15) is 0 Å². The predicted octanol–water partition coefficient (Wildman–Crippen LogP) is 3.64. The number of nitrogens with zero attached hydrogens (tertiary/aromatic N) is 3. The van der Waals surface area contributed by atoms with Crippen LogP contribution in [0.25, 0.3) is 0 Å². The molecule has 4 rings (SSSR count). The Labute approximate surface area is 219 Å². The zero-order chi connectivity index (χ0) is 25.7. The summed E-state index contributed by atoms with van der Waals surface area (Å²) in [5, 5.41) is 0. The van der Waals surface area contributed by atoms with Gasteiger partial charge in [-0.15, -0.1) is 0 Å². The zero-order valence-corrected chi connectivity index (χ0v) is 21.5. The van der Waals surface area contributed by atoms with Gasteiger partial charge in [-0.3, -0.25) is 14.5 Å². The zero-order valence-electron chi connectivity index (χ0n) is 21.5. The number of carbonyl (C=O) groups is 2. The van der Waals surface area contributed by atoms with Gasteiger partial charge in [-0.05, 0) is 36.1 Å². The van der Waals surface area contributed by atoms with Crippen molar-refractivity contribution >= 4 is 11.8 Å². The molecule has 2 heterocycles. The number of amides is 2. The minimum atomic E-state index is -0.0673. The number of hydrogen-bond acceptors (Lipinski definition) is 5. The molecule has 0 aliphatic carbocycles. The minimum absolute atomic E-state index is 0.00599. The van der Waals surface area contributed by atoms with Crippen LogP contribution in [0.15, 0.2) is 83.5 Å². The van der Waals surface area contributed by atoms with Crippen LogP contribution >= 0.6 is 0 Å². The number of ether oxygens (including phenoxy) is 1. The fourth-order valence-electron chi connectivity index (χ4n) is 4.49. The molecule has 37 heavy (non-hydrogen) atoms. The van der Waals surface area contributed by atoms with Gasteiger partial charge in [-0.25, -0.2) is 0 Å². The van der Waals surface area contributed by atoms with Crippen LogP contribution in [0.2, 0.25) is 0 Å². The molecule has 1 aliphatic rings. The highest BCUT2D eigenvalue weighted by Gasteiger charge is 2.23. The Morgan fingerprint density at radius 2 is 1.43 bits per heavy atom. The van der Waals surface area contributed by atoms with Gasteiger partial charge in [0.25, 0.3) is 0 Å². The number of hydrogen-bond donors (Lipinski definition) is 0. The van der Waals surface area contributed by atoms with Crippen LogP contribution in [-0.4, -0.2) is 79.0 Å². The third-order valence-electron chi connectivity index (χ3n) is 6.73. The first-order valence-electron chi connectivity index (χ1n) is 13.1. The van der Waals surface area contributed by atoms with E-state index in [2.05, 4.69) is 17.0 Å². The molecule has 1 saturated heterocycles. The van der Waals surface area contributed by atoms with Crippen LogP contribution in [0.1, 0.15) is 23.3 Å². The van der Waals surface area contributed by atoms with Crippen LogP contribution in [0.3, 0.4) is 0 Å². The van der Waals surface area contributed by atoms with Gasteiger partial charge >= 0.3 is 0 Å². The van der Waals surface area contributed by atoms with E-state index in [1.54, 1.807) is 16.1 Å². The molecule has 196 valence electrons. The van der Waals surface area contributed by atoms with Crippen LogP contribution in [0.5, 0.6) is 0 Å². The Balaban J connectivity index is 1.41. The molecule has 2 aromatic carbocycles. The molecule has 0 spiro atoms. The van der Waals surface area contributed by atoms with Crippen LogP contribution in [0, 0.1) is 0 Å². The number of benzene rings is 2. The number of furan rings is 1. The fraction of sp³-hybridized carbons (Fsp3) is 0.400. The van der Waals surface area contributed by atoms with Gasteiger partial charge in [-0.1, -0.05) is 60.7 Å². The van der Waals surface area contributed by atoms with Crippen molar-refractivity contribution < 1.29 is 18.7 Å². The van der Waals surface area contributed by atoms with E-state index in [1.807, 2.05) is 60.7 Å². The van der Waals surface area contributed by atoms with E-state index in [0.29, 0.717) is 45.7 Å². The van der Waals surface area contributed by atoms with Crippen molar-refractivity contribution in [2.45, 2.75) is 25.8 Å². The van der Waals surface area contributed by atoms with Crippen molar-refractivity contribution in [1.82, 2.24) is 14.7 Å². The first kappa shape index (κ1) is 26.6. The molecule has 2 amide bonds. The summed E-state index contributed by atoms with van der Waals surface area (Å²) in [6.45, 7) is 5.36. The SMILES string of the molecule is O=C(CCc1ccccc1)N(CCN1CCOCC1)CC(=O)N(CCc1ccccc1)Cc1ccco1. The number of morpholine rings is 1. The fourth-order valence-corrected chi connectivity index (χ4v) is 4.49. The maximum absolute atomic E-state index is 13.6. The maximum Gasteiger partial charge on any atom is 0.242 e. The maximum atomic E-state index is 13.6. The van der Waals surface area contributed by atoms with Crippen molar-refractivity contribution in [2.24, 2.45) is 0 Å². The average Bonchev–Trinajstić information content (AvgIpc) is 3.47. The molecule has 0 unspecified atom stereocenters. The first-order valence-corrected chi connectivity index (χ1v) is 13.1. The second-order valence-electron chi connectivity index (χ2n) is 9.39. The molecule has 1 fully saturated rings. The van der Waals surface area contributed by atoms with Gasteiger partial charge in [0.2, 0.25) is 11.8 Å². The molecular weight excluding hydrogens is 466 g/mol. The Morgan fingerprint density at radius 3 is 2.08 bits per heavy atom. The molecule has 1 aliphatic heterocycles. The highest BCUT2D eigenvalue weighted by molar-refractivity contribution is 5.85. The summed E-state index contributed by atoms with van der Waals surface area (Å²) in [7, 11) is 0. The van der Waals surface area contributed by atoms with Crippen molar-refractivity contribution in [2.75, 3.05) is 52.5 Å². The van der Waals surface area contributed by atoms with Crippen LogP contribution in [-0.2, 0) is 33.7 Å². The summed E-state index contributed by atoms with van der Waals surface area (Å²) in [5.41, 5.74) is 2.29. The van der Waals surface area contributed by atoms with Gasteiger partial charge in [0.1, 0.15) is 5.76 Å². The lowest BCUT2D eigenvalue weighted by Crippen LogP contribution is -2.47. The number of aryl methyl sites for hydroxylation is 1. The standard InChI is InChI=1S/C30H37N3O4/c34-29(14-13-26-8-3-1-4-9-26)33(18-17-31-19-22-36-23-20-31)25-30(35)32(24-28-12-7-21-37-28)16-15-27-10-5-2-6-11-27/h1-12,21H,13-20,22-25H2. The van der Waals surface area contributed by atoms with Gasteiger partial charge < -0.3 is 19.0 Å². The normalized spacial score (nSPS) is 13.8. The highest BCUT2D eigenvalue weighted by Crippen LogP contribution is 2.11. The summed E-state index contributed by atoms with van der Waals surface area (Å²) in [4.78, 5) is 32.8. The molecule has 7 heteroatoms. The second kappa shape index (κ2) is 14.4. The summed E-state index contributed by atoms with van der Waals surface area (Å²) in [6.07, 6.45) is 3.40. The van der Waals surface area contributed by atoms with Crippen molar-refractivity contribution in [3.63, 3.8) is 0 Å². The second-order valence-corrected chi connectivity index (χ2v) is 9.39. The Bertz CT molecular complexity index is 1070. The molecule has 3 aromatic rings. The van der Waals surface area contributed by atoms with Gasteiger partial charge in [0, 0.05) is 39.1 Å². The summed E-state index contributed by atoms with van der Waals surface area (Å²) in [5.74, 6) is 0.672. The lowest BCUT2D eigenvalue weighted by molar-refractivity contribution is -0.141. The quantitative estimate of drug-likeness (QED) is 0.356. The van der Waals surface area contributed by atoms with Gasteiger partial charge in [0.05, 0.1) is 32.6 Å². The molecule has 0 atom stereocenters. The average molecular weight is 504 g/mol. The third-order valence-corrected chi connectivity index (χ3v) is 6.73. The molecule has 1 aromatic heterocycles. The molecule has 0 saturated carbocycles. The molecule has 7 nitrogen and oxygen atoms in total. The first-order chi connectivity index (χ1) is 18.2. The Hall–Kier alpha value is -3.42. The van der Waals surface area contributed by atoms with E-state index in [4.69, 9.17) is 9.15 Å². The topological polar surface area (TPSA) is 66.2 Å². The minimum Gasteiger partial charge on any atom is -0.467 e. The van der Waals surface area contributed by atoms with Crippen LogP contribution < -0.4 is 0 Å². The monoisotopic (exact) mass is 503 g/mol. The molecule has 0 N–H and O–H groups in total. The van der Waals surface area contributed by atoms with E-state index in [9.17, 15) is 9.59 Å². The van der Waals surface area contributed by atoms with E-state index < -0.39 is 0 Å². The molecule has 0 bridgehead atoms. The van der Waals surface area contributed by atoms with E-state index in [0.717, 1.165) is 37.4 Å². The lowest BCUT2D eigenvalue weighted by Gasteiger charge is -2.31.